The van der Waals surface area contributed by atoms with E-state index in [1.807, 2.05) is 0 Å². The van der Waals surface area contributed by atoms with Gasteiger partial charge in [-0.2, -0.15) is 0 Å². The van der Waals surface area contributed by atoms with Gasteiger partial charge < -0.3 is 30.0 Å². The lowest BCUT2D eigenvalue weighted by Crippen LogP contribution is -2.25. The van der Waals surface area contributed by atoms with Gasteiger partial charge >= 0.3 is 0 Å². The summed E-state index contributed by atoms with van der Waals surface area (Å²) in [6, 6.07) is 0. The van der Waals surface area contributed by atoms with Gasteiger partial charge in [0.1, 0.15) is 0 Å². The summed E-state index contributed by atoms with van der Waals surface area (Å²) < 4.78 is 21.4. The van der Waals surface area contributed by atoms with Crippen LogP contribution in [0.15, 0.2) is 0 Å². The van der Waals surface area contributed by atoms with Crippen LogP contribution in [0.3, 0.4) is 0 Å². The molecule has 6 heteroatoms. The molecule has 0 saturated carbocycles. The molecule has 0 spiro atoms. The third-order valence-corrected chi connectivity index (χ3v) is 2.41. The van der Waals surface area contributed by atoms with Crippen molar-refractivity contribution >= 4 is 0 Å². The number of hydrogen-bond acceptors (Lipinski definition) is 6. The molecule has 0 bridgehead atoms. The highest BCUT2D eigenvalue weighted by Gasteiger charge is 1.92. The molecule has 0 aliphatic rings. The summed E-state index contributed by atoms with van der Waals surface area (Å²) in [7, 11) is 0. The molecule has 0 rings (SSSR count). The molecule has 0 aliphatic carbocycles. The molecule has 0 aromatic heterocycles. The van der Waals surface area contributed by atoms with Crippen molar-refractivity contribution in [2.24, 2.45) is 5.73 Å². The molecule has 0 aliphatic heterocycles. The van der Waals surface area contributed by atoms with Gasteiger partial charge in [0, 0.05) is 39.5 Å². The summed E-state index contributed by atoms with van der Waals surface area (Å²) in [5.74, 6) is 0. The van der Waals surface area contributed by atoms with Crippen molar-refractivity contribution in [3.8, 4) is 0 Å². The lowest BCUT2D eigenvalue weighted by Gasteiger charge is -2.07. The Hall–Kier alpha value is -0.240. The Morgan fingerprint density at radius 2 is 1.25 bits per heavy atom. The molecular formula is C14H32N2O4. The Labute approximate surface area is 123 Å². The fourth-order valence-electron chi connectivity index (χ4n) is 1.43. The highest BCUT2D eigenvalue weighted by molar-refractivity contribution is 4.45. The Balaban J connectivity index is 2.89. The molecule has 20 heavy (non-hydrogen) atoms. The summed E-state index contributed by atoms with van der Waals surface area (Å²) in [4.78, 5) is 0. The van der Waals surface area contributed by atoms with Gasteiger partial charge in [-0.3, -0.25) is 0 Å². The smallest absolute Gasteiger partial charge is 0.0701 e. The molecule has 0 aromatic carbocycles. The van der Waals surface area contributed by atoms with Crippen LogP contribution in [-0.4, -0.2) is 72.5 Å². The maximum absolute atomic E-state index is 5.47. The lowest BCUT2D eigenvalue weighted by molar-refractivity contribution is 0.0506. The van der Waals surface area contributed by atoms with Gasteiger partial charge in [0.05, 0.1) is 33.0 Å². The van der Waals surface area contributed by atoms with E-state index in [0.717, 1.165) is 52.4 Å². The molecule has 0 amide bonds. The molecule has 0 radical (unpaired) electrons. The predicted molar refractivity (Wildman–Crippen MR) is 80.1 cm³/mol. The van der Waals surface area contributed by atoms with E-state index in [0.29, 0.717) is 33.0 Å². The second-order valence-electron chi connectivity index (χ2n) is 4.34. The fourth-order valence-corrected chi connectivity index (χ4v) is 1.43. The Bertz CT molecular complexity index is 155. The van der Waals surface area contributed by atoms with Crippen molar-refractivity contribution in [3.63, 3.8) is 0 Å². The molecular weight excluding hydrogens is 260 g/mol. The first-order chi connectivity index (χ1) is 9.91. The van der Waals surface area contributed by atoms with E-state index in [4.69, 9.17) is 24.7 Å². The van der Waals surface area contributed by atoms with Crippen LogP contribution in [0.1, 0.15) is 19.8 Å². The van der Waals surface area contributed by atoms with Crippen molar-refractivity contribution in [2.45, 2.75) is 19.8 Å². The molecule has 122 valence electrons. The molecule has 3 N–H and O–H groups in total. The average molecular weight is 292 g/mol. The summed E-state index contributed by atoms with van der Waals surface area (Å²) in [6.07, 6.45) is 2.04. The van der Waals surface area contributed by atoms with E-state index in [-0.39, 0.29) is 0 Å². The summed E-state index contributed by atoms with van der Waals surface area (Å²) in [5.41, 5.74) is 5.29. The standard InChI is InChI=1S/C14H32N2O4/c1-2-7-17-8-3-9-18-11-5-16-6-12-20-14-13-19-10-4-15/h16H,2-15H2,1H3. The minimum atomic E-state index is 0.562. The zero-order chi connectivity index (χ0) is 14.7. The van der Waals surface area contributed by atoms with E-state index < -0.39 is 0 Å². The summed E-state index contributed by atoms with van der Waals surface area (Å²) in [5, 5.41) is 3.26. The van der Waals surface area contributed by atoms with Gasteiger partial charge in [0.2, 0.25) is 0 Å². The topological polar surface area (TPSA) is 75.0 Å². The Kier molecular flexibility index (Phi) is 18.5. The van der Waals surface area contributed by atoms with E-state index in [1.54, 1.807) is 0 Å². The molecule has 0 atom stereocenters. The predicted octanol–water partition coefficient (Wildman–Crippen LogP) is 0.401. The van der Waals surface area contributed by atoms with Gasteiger partial charge in [-0.05, 0) is 12.8 Å². The van der Waals surface area contributed by atoms with Crippen molar-refractivity contribution in [1.29, 1.82) is 0 Å². The van der Waals surface area contributed by atoms with Crippen LogP contribution in [0, 0.1) is 0 Å². The second kappa shape index (κ2) is 18.8. The molecule has 0 fully saturated rings. The molecule has 6 nitrogen and oxygen atoms in total. The Morgan fingerprint density at radius 3 is 1.85 bits per heavy atom. The van der Waals surface area contributed by atoms with Crippen LogP contribution in [0.2, 0.25) is 0 Å². The van der Waals surface area contributed by atoms with E-state index in [2.05, 4.69) is 12.2 Å². The molecule has 0 unspecified atom stereocenters. The normalized spacial score (nSPS) is 11.1. The number of nitrogens with one attached hydrogen (secondary N) is 1. The maximum Gasteiger partial charge on any atom is 0.0701 e. The quantitative estimate of drug-likeness (QED) is 0.378. The van der Waals surface area contributed by atoms with Gasteiger partial charge in [0.15, 0.2) is 0 Å². The van der Waals surface area contributed by atoms with Gasteiger partial charge in [-0.15, -0.1) is 0 Å². The lowest BCUT2D eigenvalue weighted by atomic mass is 10.5. The minimum absolute atomic E-state index is 0.562. The van der Waals surface area contributed by atoms with E-state index >= 15 is 0 Å². The van der Waals surface area contributed by atoms with Crippen molar-refractivity contribution in [1.82, 2.24) is 5.32 Å². The number of rotatable bonds is 17. The van der Waals surface area contributed by atoms with Crippen LogP contribution in [-0.2, 0) is 18.9 Å². The van der Waals surface area contributed by atoms with Gasteiger partial charge in [0.25, 0.3) is 0 Å². The minimum Gasteiger partial charge on any atom is -0.381 e. The second-order valence-corrected chi connectivity index (χ2v) is 4.34. The monoisotopic (exact) mass is 292 g/mol. The van der Waals surface area contributed by atoms with Crippen molar-refractivity contribution < 1.29 is 18.9 Å². The average Bonchev–Trinajstić information content (AvgIpc) is 2.47. The SMILES string of the molecule is CCCOCCCOCCNCCOCCOCCN. The van der Waals surface area contributed by atoms with Crippen molar-refractivity contribution in [2.75, 3.05) is 72.5 Å². The van der Waals surface area contributed by atoms with Crippen LogP contribution in [0.25, 0.3) is 0 Å². The fraction of sp³-hybridized carbons (Fsp3) is 1.00. The third-order valence-electron chi connectivity index (χ3n) is 2.41. The summed E-state index contributed by atoms with van der Waals surface area (Å²) >= 11 is 0. The first-order valence-corrected chi connectivity index (χ1v) is 7.63. The van der Waals surface area contributed by atoms with Gasteiger partial charge in [-0.1, -0.05) is 6.92 Å². The maximum atomic E-state index is 5.47. The van der Waals surface area contributed by atoms with Crippen LogP contribution in [0.4, 0.5) is 0 Å². The molecule has 0 aromatic rings. The molecule has 0 heterocycles. The third kappa shape index (κ3) is 17.8. The molecule has 0 saturated heterocycles. The highest BCUT2D eigenvalue weighted by Crippen LogP contribution is 1.86. The van der Waals surface area contributed by atoms with Crippen LogP contribution in [0.5, 0.6) is 0 Å². The zero-order valence-corrected chi connectivity index (χ0v) is 12.9. The Morgan fingerprint density at radius 1 is 0.700 bits per heavy atom. The largest absolute Gasteiger partial charge is 0.381 e. The van der Waals surface area contributed by atoms with Crippen molar-refractivity contribution in [3.05, 3.63) is 0 Å². The van der Waals surface area contributed by atoms with Crippen LogP contribution >= 0.6 is 0 Å². The first kappa shape index (κ1) is 19.8. The van der Waals surface area contributed by atoms with Crippen LogP contribution < -0.4 is 11.1 Å². The number of ether oxygens (including phenoxy) is 4. The first-order valence-electron chi connectivity index (χ1n) is 7.63. The number of nitrogens with two attached hydrogens (primary N) is 1. The zero-order valence-electron chi connectivity index (χ0n) is 12.9. The van der Waals surface area contributed by atoms with E-state index in [1.165, 1.54) is 0 Å². The number of hydrogen-bond donors (Lipinski definition) is 2. The van der Waals surface area contributed by atoms with E-state index in [9.17, 15) is 0 Å². The highest BCUT2D eigenvalue weighted by atomic mass is 16.5. The summed E-state index contributed by atoms with van der Waals surface area (Å²) in [6.45, 7) is 10.0. The van der Waals surface area contributed by atoms with Gasteiger partial charge in [-0.25, -0.2) is 0 Å².